The number of hydrazone groups is 1. The minimum atomic E-state index is -0.794. The molecule has 6 nitrogen and oxygen atoms in total. The summed E-state index contributed by atoms with van der Waals surface area (Å²) in [5.74, 6) is -0.834. The molecule has 0 aliphatic carbocycles. The summed E-state index contributed by atoms with van der Waals surface area (Å²) in [4.78, 5) is 24.7. The first kappa shape index (κ1) is 21.6. The molecule has 2 aromatic carbocycles. The molecule has 2 rings (SSSR count). The van der Waals surface area contributed by atoms with Gasteiger partial charge in [0, 0.05) is 5.56 Å². The van der Waals surface area contributed by atoms with Gasteiger partial charge in [0.25, 0.3) is 11.8 Å². The molecule has 0 heterocycles. The molecule has 0 spiro atoms. The average molecular weight is 450 g/mol. The van der Waals surface area contributed by atoms with Crippen LogP contribution in [0.5, 0.6) is 5.75 Å². The highest BCUT2D eigenvalue weighted by Gasteiger charge is 2.24. The van der Waals surface area contributed by atoms with Crippen LogP contribution >= 0.6 is 15.9 Å². The van der Waals surface area contributed by atoms with Crippen LogP contribution in [0.15, 0.2) is 52.0 Å². The number of ether oxygens (including phenoxy) is 1. The first-order chi connectivity index (χ1) is 13.3. The van der Waals surface area contributed by atoms with Crippen LogP contribution in [0.4, 0.5) is 4.39 Å². The molecular formula is C20H21BrFN3O3. The van der Waals surface area contributed by atoms with E-state index in [0.29, 0.717) is 5.75 Å². The Labute approximate surface area is 171 Å². The minimum absolute atomic E-state index is 0.172. The van der Waals surface area contributed by atoms with E-state index < -0.39 is 23.7 Å². The van der Waals surface area contributed by atoms with Crippen molar-refractivity contribution in [2.45, 2.75) is 19.9 Å². The van der Waals surface area contributed by atoms with Gasteiger partial charge in [0.15, 0.2) is 0 Å². The number of amides is 2. The van der Waals surface area contributed by atoms with Gasteiger partial charge in [-0.2, -0.15) is 5.10 Å². The number of carbonyl (C=O) groups is 2. The zero-order valence-electron chi connectivity index (χ0n) is 15.7. The first-order valence-electron chi connectivity index (χ1n) is 8.54. The van der Waals surface area contributed by atoms with Crippen molar-refractivity contribution in [3.8, 4) is 5.75 Å². The van der Waals surface area contributed by atoms with Gasteiger partial charge in [0.2, 0.25) is 0 Å². The number of hydrogen-bond donors (Lipinski definition) is 2. The van der Waals surface area contributed by atoms with Crippen LogP contribution in [0, 0.1) is 11.7 Å². The SMILES string of the molecule is COc1ccc(C=NNC(=O)C(NC(=O)c2ccc(F)cc2)C(C)C)cc1Br. The fraction of sp³-hybridized carbons (Fsp3) is 0.250. The predicted molar refractivity (Wildman–Crippen MR) is 109 cm³/mol. The quantitative estimate of drug-likeness (QED) is 0.501. The molecule has 0 saturated heterocycles. The third-order valence-corrected chi connectivity index (χ3v) is 4.53. The lowest BCUT2D eigenvalue weighted by Gasteiger charge is -2.20. The lowest BCUT2D eigenvalue weighted by atomic mass is 10.0. The largest absolute Gasteiger partial charge is 0.496 e. The number of benzene rings is 2. The predicted octanol–water partition coefficient (Wildman–Crippen LogP) is 3.50. The zero-order valence-corrected chi connectivity index (χ0v) is 17.3. The van der Waals surface area contributed by atoms with E-state index >= 15 is 0 Å². The molecule has 8 heteroatoms. The highest BCUT2D eigenvalue weighted by molar-refractivity contribution is 9.10. The lowest BCUT2D eigenvalue weighted by Crippen LogP contribution is -2.48. The van der Waals surface area contributed by atoms with Crippen molar-refractivity contribution in [2.75, 3.05) is 7.11 Å². The number of nitrogens with one attached hydrogen (secondary N) is 2. The summed E-state index contributed by atoms with van der Waals surface area (Å²) in [6.45, 7) is 3.61. The Kier molecular flexibility index (Phi) is 7.69. The molecule has 1 atom stereocenters. The van der Waals surface area contributed by atoms with Gasteiger partial charge in [-0.15, -0.1) is 0 Å². The van der Waals surface area contributed by atoms with Crippen molar-refractivity contribution < 1.29 is 18.7 Å². The summed E-state index contributed by atoms with van der Waals surface area (Å²) in [6, 6.07) is 9.66. The Morgan fingerprint density at radius 1 is 1.18 bits per heavy atom. The fourth-order valence-corrected chi connectivity index (χ4v) is 2.92. The van der Waals surface area contributed by atoms with Crippen molar-refractivity contribution >= 4 is 34.0 Å². The van der Waals surface area contributed by atoms with Gasteiger partial charge in [-0.3, -0.25) is 9.59 Å². The number of halogens is 2. The normalized spacial score (nSPS) is 12.1. The molecule has 0 fully saturated rings. The maximum Gasteiger partial charge on any atom is 0.262 e. The summed E-state index contributed by atoms with van der Waals surface area (Å²) in [5.41, 5.74) is 3.46. The highest BCUT2D eigenvalue weighted by atomic mass is 79.9. The van der Waals surface area contributed by atoms with Gasteiger partial charge in [0.05, 0.1) is 17.8 Å². The van der Waals surface area contributed by atoms with Crippen LogP contribution in [-0.4, -0.2) is 31.2 Å². The van der Waals surface area contributed by atoms with Gasteiger partial charge >= 0.3 is 0 Å². The Morgan fingerprint density at radius 2 is 1.86 bits per heavy atom. The molecule has 2 aromatic rings. The zero-order chi connectivity index (χ0) is 20.7. The van der Waals surface area contributed by atoms with Gasteiger partial charge in [-0.25, -0.2) is 9.82 Å². The van der Waals surface area contributed by atoms with Gasteiger partial charge in [-0.1, -0.05) is 13.8 Å². The molecule has 148 valence electrons. The third kappa shape index (κ3) is 5.88. The lowest BCUT2D eigenvalue weighted by molar-refractivity contribution is -0.123. The smallest absolute Gasteiger partial charge is 0.262 e. The second kappa shape index (κ2) is 9.98. The van der Waals surface area contributed by atoms with Gasteiger partial charge < -0.3 is 10.1 Å². The Balaban J connectivity index is 2.01. The number of methoxy groups -OCH3 is 1. The van der Waals surface area contributed by atoms with Crippen molar-refractivity contribution in [1.29, 1.82) is 0 Å². The van der Waals surface area contributed by atoms with E-state index in [-0.39, 0.29) is 11.5 Å². The second-order valence-electron chi connectivity index (χ2n) is 6.33. The van der Waals surface area contributed by atoms with Crippen molar-refractivity contribution in [3.63, 3.8) is 0 Å². The summed E-state index contributed by atoms with van der Waals surface area (Å²) in [6.07, 6.45) is 1.49. The molecule has 0 radical (unpaired) electrons. The van der Waals surface area contributed by atoms with E-state index in [4.69, 9.17) is 4.74 Å². The molecule has 0 bridgehead atoms. The van der Waals surface area contributed by atoms with Crippen molar-refractivity contribution in [3.05, 3.63) is 63.9 Å². The molecule has 0 saturated carbocycles. The standard InChI is InChI=1S/C20H21BrFN3O3/c1-12(2)18(24-19(26)14-5-7-15(22)8-6-14)20(27)25-23-11-13-4-9-17(28-3)16(21)10-13/h4-12,18H,1-3H3,(H,24,26)(H,25,27). The van der Waals surface area contributed by atoms with E-state index in [1.807, 2.05) is 0 Å². The van der Waals surface area contributed by atoms with E-state index in [2.05, 4.69) is 31.8 Å². The number of nitrogens with zero attached hydrogens (tertiary/aromatic N) is 1. The number of carbonyl (C=O) groups excluding carboxylic acids is 2. The first-order valence-corrected chi connectivity index (χ1v) is 9.34. The molecule has 0 aliphatic heterocycles. The Bertz CT molecular complexity index is 869. The van der Waals surface area contributed by atoms with Crippen LogP contribution in [0.1, 0.15) is 29.8 Å². The molecule has 0 aliphatic rings. The molecule has 1 unspecified atom stereocenters. The Morgan fingerprint density at radius 3 is 2.43 bits per heavy atom. The van der Waals surface area contributed by atoms with Crippen molar-refractivity contribution in [2.24, 2.45) is 11.0 Å². The van der Waals surface area contributed by atoms with Crippen LogP contribution < -0.4 is 15.5 Å². The summed E-state index contributed by atoms with van der Waals surface area (Å²) < 4.78 is 18.9. The van der Waals surface area contributed by atoms with Crippen LogP contribution in [0.25, 0.3) is 0 Å². The van der Waals surface area contributed by atoms with Crippen LogP contribution in [-0.2, 0) is 4.79 Å². The number of rotatable bonds is 7. The maximum atomic E-state index is 13.0. The van der Waals surface area contributed by atoms with E-state index in [1.165, 1.54) is 30.5 Å². The average Bonchev–Trinajstić information content (AvgIpc) is 2.66. The maximum absolute atomic E-state index is 13.0. The topological polar surface area (TPSA) is 79.8 Å². The molecule has 2 amide bonds. The summed E-state index contributed by atoms with van der Waals surface area (Å²) in [5, 5.41) is 6.60. The van der Waals surface area contributed by atoms with Crippen molar-refractivity contribution in [1.82, 2.24) is 10.7 Å². The van der Waals surface area contributed by atoms with E-state index in [1.54, 1.807) is 39.2 Å². The van der Waals surface area contributed by atoms with E-state index in [9.17, 15) is 14.0 Å². The molecule has 2 N–H and O–H groups in total. The van der Waals surface area contributed by atoms with Gasteiger partial charge in [-0.05, 0) is 69.9 Å². The number of hydrogen-bond acceptors (Lipinski definition) is 4. The molecular weight excluding hydrogens is 429 g/mol. The molecule has 0 aromatic heterocycles. The van der Waals surface area contributed by atoms with E-state index in [0.717, 1.165) is 10.0 Å². The highest BCUT2D eigenvalue weighted by Crippen LogP contribution is 2.24. The third-order valence-electron chi connectivity index (χ3n) is 3.91. The summed E-state index contributed by atoms with van der Waals surface area (Å²) in [7, 11) is 1.57. The van der Waals surface area contributed by atoms with Crippen LogP contribution in [0.2, 0.25) is 0 Å². The Hall–Kier alpha value is -2.74. The summed E-state index contributed by atoms with van der Waals surface area (Å²) >= 11 is 3.38. The fourth-order valence-electron chi connectivity index (χ4n) is 2.36. The van der Waals surface area contributed by atoms with Gasteiger partial charge in [0.1, 0.15) is 17.6 Å². The minimum Gasteiger partial charge on any atom is -0.496 e. The second-order valence-corrected chi connectivity index (χ2v) is 7.18. The monoisotopic (exact) mass is 449 g/mol. The van der Waals surface area contributed by atoms with Crippen LogP contribution in [0.3, 0.4) is 0 Å². The molecule has 28 heavy (non-hydrogen) atoms.